The maximum atomic E-state index is 11.8. The number of ether oxygens (including phenoxy) is 1. The molecule has 0 aromatic heterocycles. The van der Waals surface area contributed by atoms with E-state index in [1.807, 2.05) is 13.8 Å². The van der Waals surface area contributed by atoms with Crippen LogP contribution in [0.5, 0.6) is 0 Å². The molecule has 3 unspecified atom stereocenters. The lowest BCUT2D eigenvalue weighted by molar-refractivity contribution is -0.154. The molecule has 0 aromatic rings. The van der Waals surface area contributed by atoms with Crippen molar-refractivity contribution in [1.82, 2.24) is 5.32 Å². The maximum Gasteiger partial charge on any atom is 0.309 e. The van der Waals surface area contributed by atoms with E-state index in [1.54, 1.807) is 6.92 Å². The fourth-order valence-electron chi connectivity index (χ4n) is 2.74. The van der Waals surface area contributed by atoms with E-state index in [-0.39, 0.29) is 17.8 Å². The third-order valence-corrected chi connectivity index (χ3v) is 4.23. The summed E-state index contributed by atoms with van der Waals surface area (Å²) < 4.78 is 5.49. The van der Waals surface area contributed by atoms with Crippen LogP contribution in [0.2, 0.25) is 0 Å². The average molecular weight is 237 g/mol. The Morgan fingerprint density at radius 2 is 2.18 bits per heavy atom. The number of esters is 1. The largest absolute Gasteiger partial charge is 0.457 e. The van der Waals surface area contributed by atoms with Crippen molar-refractivity contribution < 1.29 is 14.3 Å². The fraction of sp³-hybridized carbons (Fsp3) is 0.692. The van der Waals surface area contributed by atoms with Crippen molar-refractivity contribution in [3.8, 4) is 0 Å². The summed E-state index contributed by atoms with van der Waals surface area (Å²) in [7, 11) is 0. The number of hydrogen-bond acceptors (Lipinski definition) is 3. The minimum Gasteiger partial charge on any atom is -0.457 e. The lowest BCUT2D eigenvalue weighted by Gasteiger charge is -2.45. The van der Waals surface area contributed by atoms with Gasteiger partial charge in [-0.2, -0.15) is 0 Å². The lowest BCUT2D eigenvalue weighted by atomic mass is 9.69. The third-order valence-electron chi connectivity index (χ3n) is 4.23. The molecule has 17 heavy (non-hydrogen) atoms. The highest BCUT2D eigenvalue weighted by Crippen LogP contribution is 2.48. The molecule has 1 N–H and O–H groups in total. The summed E-state index contributed by atoms with van der Waals surface area (Å²) in [5.74, 6) is -0.286. The van der Waals surface area contributed by atoms with Crippen LogP contribution in [0.15, 0.2) is 12.2 Å². The molecule has 0 radical (unpaired) electrons. The molecule has 0 spiro atoms. The molecular weight excluding hydrogens is 218 g/mol. The lowest BCUT2D eigenvalue weighted by Crippen LogP contribution is -2.62. The quantitative estimate of drug-likeness (QED) is 0.585. The zero-order valence-corrected chi connectivity index (χ0v) is 10.6. The summed E-state index contributed by atoms with van der Waals surface area (Å²) in [6, 6.07) is 0. The smallest absolute Gasteiger partial charge is 0.309 e. The van der Waals surface area contributed by atoms with Gasteiger partial charge in [0.1, 0.15) is 5.60 Å². The normalized spacial score (nSPS) is 39.7. The van der Waals surface area contributed by atoms with Crippen LogP contribution in [0.3, 0.4) is 0 Å². The van der Waals surface area contributed by atoms with Crippen LogP contribution in [0, 0.1) is 5.92 Å². The van der Waals surface area contributed by atoms with E-state index in [4.69, 9.17) is 4.74 Å². The van der Waals surface area contributed by atoms with Crippen LogP contribution in [0.25, 0.3) is 0 Å². The first kappa shape index (κ1) is 12.1. The van der Waals surface area contributed by atoms with Gasteiger partial charge in [-0.05, 0) is 33.6 Å². The molecule has 2 bridgehead atoms. The van der Waals surface area contributed by atoms with Crippen LogP contribution in [0.4, 0.5) is 0 Å². The van der Waals surface area contributed by atoms with Gasteiger partial charge in [0.05, 0.1) is 11.5 Å². The molecule has 1 aliphatic carbocycles. The van der Waals surface area contributed by atoms with E-state index >= 15 is 0 Å². The molecule has 2 fully saturated rings. The van der Waals surface area contributed by atoms with Crippen molar-refractivity contribution in [3.63, 3.8) is 0 Å². The van der Waals surface area contributed by atoms with Gasteiger partial charge in [0.15, 0.2) is 0 Å². The molecule has 4 heteroatoms. The predicted molar refractivity (Wildman–Crippen MR) is 63.2 cm³/mol. The standard InChI is InChI=1S/C13H19NO3/c1-8(2)10(15)14-12(3)6-5-9-7-13(12,4)17-11(9)16/h9H,1,5-7H2,2-4H3,(H,14,15). The number of amides is 1. The van der Waals surface area contributed by atoms with Crippen LogP contribution in [0.1, 0.15) is 40.0 Å². The van der Waals surface area contributed by atoms with Crippen molar-refractivity contribution >= 4 is 11.9 Å². The molecule has 1 saturated heterocycles. The molecule has 1 amide bonds. The molecule has 1 aliphatic heterocycles. The Labute approximate surface area is 101 Å². The van der Waals surface area contributed by atoms with Gasteiger partial charge >= 0.3 is 5.97 Å². The van der Waals surface area contributed by atoms with Gasteiger partial charge in [0.25, 0.3) is 0 Å². The van der Waals surface area contributed by atoms with Gasteiger partial charge in [0.2, 0.25) is 5.91 Å². The Morgan fingerprint density at radius 3 is 2.76 bits per heavy atom. The molecular formula is C13H19NO3. The Bertz CT molecular complexity index is 403. The summed E-state index contributed by atoms with van der Waals surface area (Å²) in [6.07, 6.45) is 2.24. The van der Waals surface area contributed by atoms with E-state index in [2.05, 4.69) is 11.9 Å². The number of rotatable bonds is 2. The average Bonchev–Trinajstić information content (AvgIpc) is 2.47. The first-order valence-corrected chi connectivity index (χ1v) is 5.98. The molecule has 1 saturated carbocycles. The molecule has 2 aliphatic rings. The highest BCUT2D eigenvalue weighted by Gasteiger charge is 2.59. The number of carbonyl (C=O) groups excluding carboxylic acids is 2. The second kappa shape index (κ2) is 3.59. The van der Waals surface area contributed by atoms with Crippen LogP contribution < -0.4 is 5.32 Å². The Morgan fingerprint density at radius 1 is 1.53 bits per heavy atom. The number of carbonyl (C=O) groups is 2. The fourth-order valence-corrected chi connectivity index (χ4v) is 2.74. The summed E-state index contributed by atoms with van der Waals surface area (Å²) >= 11 is 0. The molecule has 1 heterocycles. The van der Waals surface area contributed by atoms with E-state index in [9.17, 15) is 9.59 Å². The van der Waals surface area contributed by atoms with Crippen molar-refractivity contribution in [2.24, 2.45) is 5.92 Å². The van der Waals surface area contributed by atoms with Gasteiger partial charge < -0.3 is 10.1 Å². The second-order valence-corrected chi connectivity index (χ2v) is 5.66. The van der Waals surface area contributed by atoms with Gasteiger partial charge in [0, 0.05) is 12.0 Å². The first-order valence-electron chi connectivity index (χ1n) is 5.98. The van der Waals surface area contributed by atoms with Crippen molar-refractivity contribution in [2.75, 3.05) is 0 Å². The van der Waals surface area contributed by atoms with Crippen LogP contribution >= 0.6 is 0 Å². The number of hydrogen-bond donors (Lipinski definition) is 1. The summed E-state index contributed by atoms with van der Waals surface area (Å²) in [6.45, 7) is 9.16. The first-order chi connectivity index (χ1) is 7.77. The minimum atomic E-state index is -0.585. The Hall–Kier alpha value is -1.32. The van der Waals surface area contributed by atoms with Gasteiger partial charge in [-0.1, -0.05) is 6.58 Å². The minimum absolute atomic E-state index is 0.00908. The van der Waals surface area contributed by atoms with Crippen LogP contribution in [-0.4, -0.2) is 23.0 Å². The zero-order chi connectivity index (χ0) is 12.8. The topological polar surface area (TPSA) is 55.4 Å². The van der Waals surface area contributed by atoms with E-state index in [0.717, 1.165) is 12.8 Å². The van der Waals surface area contributed by atoms with Gasteiger partial charge in [-0.3, -0.25) is 9.59 Å². The molecule has 4 nitrogen and oxygen atoms in total. The second-order valence-electron chi connectivity index (χ2n) is 5.66. The zero-order valence-electron chi connectivity index (χ0n) is 10.6. The predicted octanol–water partition coefficient (Wildman–Crippen LogP) is 1.55. The van der Waals surface area contributed by atoms with E-state index in [0.29, 0.717) is 12.0 Å². The van der Waals surface area contributed by atoms with E-state index < -0.39 is 11.1 Å². The van der Waals surface area contributed by atoms with E-state index in [1.165, 1.54) is 0 Å². The van der Waals surface area contributed by atoms with Crippen molar-refractivity contribution in [1.29, 1.82) is 0 Å². The number of fused-ring (bicyclic) bond motifs is 2. The number of nitrogens with one attached hydrogen (secondary N) is 1. The highest BCUT2D eigenvalue weighted by atomic mass is 16.6. The molecule has 0 aromatic carbocycles. The van der Waals surface area contributed by atoms with Gasteiger partial charge in [-0.25, -0.2) is 0 Å². The van der Waals surface area contributed by atoms with Gasteiger partial charge in [-0.15, -0.1) is 0 Å². The molecule has 3 atom stereocenters. The Kier molecular flexibility index (Phi) is 2.56. The summed E-state index contributed by atoms with van der Waals surface area (Å²) in [5.41, 5.74) is -0.606. The highest BCUT2D eigenvalue weighted by molar-refractivity contribution is 5.93. The SMILES string of the molecule is C=C(C)C(=O)NC1(C)CCC2CC1(C)OC2=O. The van der Waals surface area contributed by atoms with Crippen molar-refractivity contribution in [2.45, 2.75) is 51.2 Å². The van der Waals surface area contributed by atoms with Crippen molar-refractivity contribution in [3.05, 3.63) is 12.2 Å². The molecule has 94 valence electrons. The Balaban J connectivity index is 2.23. The van der Waals surface area contributed by atoms with Crippen LogP contribution in [-0.2, 0) is 14.3 Å². The molecule has 2 rings (SSSR count). The summed E-state index contributed by atoms with van der Waals surface area (Å²) in [4.78, 5) is 23.4. The maximum absolute atomic E-state index is 11.8. The monoisotopic (exact) mass is 237 g/mol. The summed E-state index contributed by atoms with van der Waals surface area (Å²) in [5, 5.41) is 2.97. The third kappa shape index (κ3) is 1.75.